The maximum Gasteiger partial charge on any atom is 0.322 e. The van der Waals surface area contributed by atoms with Crippen LogP contribution in [-0.4, -0.2) is 51.3 Å². The number of anilines is 2. The Hall–Kier alpha value is -3.56. The van der Waals surface area contributed by atoms with Crippen molar-refractivity contribution in [1.82, 2.24) is 10.2 Å². The second-order valence-corrected chi connectivity index (χ2v) is 12.2. The van der Waals surface area contributed by atoms with Gasteiger partial charge in [-0.05, 0) is 85.8 Å². The maximum absolute atomic E-state index is 13.2. The first-order valence-electron chi connectivity index (χ1n) is 13.9. The van der Waals surface area contributed by atoms with E-state index in [1.165, 1.54) is 5.56 Å². The number of piperidine rings is 1. The van der Waals surface area contributed by atoms with Crippen molar-refractivity contribution < 1.29 is 17.9 Å². The highest BCUT2D eigenvalue weighted by atomic mass is 32.2. The number of nitrogens with one attached hydrogen (secondary N) is 2. The number of carbonyl (C=O) groups is 1. The van der Waals surface area contributed by atoms with Gasteiger partial charge in [0.05, 0.1) is 6.26 Å². The van der Waals surface area contributed by atoms with Crippen LogP contribution in [0.5, 0.6) is 11.5 Å². The summed E-state index contributed by atoms with van der Waals surface area (Å²) in [6.45, 7) is 7.61. The van der Waals surface area contributed by atoms with E-state index in [2.05, 4.69) is 53.1 Å². The lowest BCUT2D eigenvalue weighted by Gasteiger charge is -2.34. The van der Waals surface area contributed by atoms with Crippen LogP contribution in [0.15, 0.2) is 72.8 Å². The lowest BCUT2D eigenvalue weighted by atomic mass is 10.0. The number of aryl methyl sites for hydroxylation is 1. The molecule has 214 valence electrons. The van der Waals surface area contributed by atoms with Crippen molar-refractivity contribution in [2.45, 2.75) is 52.1 Å². The molecule has 3 aromatic carbocycles. The molecule has 1 aliphatic heterocycles. The SMILES string of the molecule is CCCCN(C(=O)NC1CCN(Cc2ccc(Oc3ccc(NS(C)(=O)=O)cc3)cc2)CC1)c1cccc(C)c1. The molecule has 1 saturated heterocycles. The van der Waals surface area contributed by atoms with Crippen LogP contribution in [0.3, 0.4) is 0 Å². The van der Waals surface area contributed by atoms with Crippen LogP contribution in [0.25, 0.3) is 0 Å². The topological polar surface area (TPSA) is 91.0 Å². The van der Waals surface area contributed by atoms with E-state index in [0.717, 1.165) is 75.1 Å². The number of nitrogens with zero attached hydrogens (tertiary/aromatic N) is 2. The fourth-order valence-electron chi connectivity index (χ4n) is 4.81. The molecule has 0 bridgehead atoms. The highest BCUT2D eigenvalue weighted by molar-refractivity contribution is 7.92. The highest BCUT2D eigenvalue weighted by Crippen LogP contribution is 2.25. The molecule has 1 fully saturated rings. The van der Waals surface area contributed by atoms with Gasteiger partial charge in [-0.25, -0.2) is 13.2 Å². The van der Waals surface area contributed by atoms with E-state index in [0.29, 0.717) is 11.4 Å². The van der Waals surface area contributed by atoms with Gasteiger partial charge in [0.1, 0.15) is 11.5 Å². The predicted octanol–water partition coefficient (Wildman–Crippen LogP) is 6.14. The first-order valence-corrected chi connectivity index (χ1v) is 15.8. The molecule has 1 heterocycles. The maximum atomic E-state index is 13.2. The molecule has 3 aromatic rings. The standard InChI is InChI=1S/C31H40N4O4S/c1-4-5-19-35(28-8-6-7-24(2)22-28)31(36)32-26-17-20-34(21-18-26)23-25-9-13-29(14-10-25)39-30-15-11-27(12-16-30)33-40(3,37)38/h6-16,22,26,33H,4-5,17-21,23H2,1-3H3,(H,32,36). The van der Waals surface area contributed by atoms with E-state index in [-0.39, 0.29) is 12.1 Å². The van der Waals surface area contributed by atoms with Crippen LogP contribution < -0.4 is 19.7 Å². The van der Waals surface area contributed by atoms with Gasteiger partial charge in [-0.15, -0.1) is 0 Å². The summed E-state index contributed by atoms with van der Waals surface area (Å²) >= 11 is 0. The van der Waals surface area contributed by atoms with Crippen molar-refractivity contribution in [3.63, 3.8) is 0 Å². The van der Waals surface area contributed by atoms with Gasteiger partial charge in [0.2, 0.25) is 10.0 Å². The molecule has 2 N–H and O–H groups in total. The van der Waals surface area contributed by atoms with E-state index in [1.54, 1.807) is 24.3 Å². The van der Waals surface area contributed by atoms with Crippen LogP contribution in [-0.2, 0) is 16.6 Å². The van der Waals surface area contributed by atoms with E-state index in [4.69, 9.17) is 4.74 Å². The summed E-state index contributed by atoms with van der Waals surface area (Å²) in [5.74, 6) is 1.35. The summed E-state index contributed by atoms with van der Waals surface area (Å²) in [4.78, 5) is 17.5. The molecule has 0 atom stereocenters. The quantitative estimate of drug-likeness (QED) is 0.292. The first-order chi connectivity index (χ1) is 19.2. The van der Waals surface area contributed by atoms with Crippen molar-refractivity contribution in [2.75, 3.05) is 35.5 Å². The van der Waals surface area contributed by atoms with E-state index < -0.39 is 10.0 Å². The lowest BCUT2D eigenvalue weighted by molar-refractivity contribution is 0.188. The van der Waals surface area contributed by atoms with Gasteiger partial charge >= 0.3 is 6.03 Å². The minimum absolute atomic E-state index is 0.00520. The summed E-state index contributed by atoms with van der Waals surface area (Å²) < 4.78 is 31.1. The van der Waals surface area contributed by atoms with Crippen LogP contribution in [0.2, 0.25) is 0 Å². The Labute approximate surface area is 238 Å². The number of rotatable bonds is 11. The largest absolute Gasteiger partial charge is 0.457 e. The number of carbonyl (C=O) groups excluding carboxylic acids is 1. The molecule has 0 unspecified atom stereocenters. The van der Waals surface area contributed by atoms with Gasteiger partial charge in [0, 0.05) is 43.6 Å². The summed E-state index contributed by atoms with van der Waals surface area (Å²) in [5, 5.41) is 3.29. The fourth-order valence-corrected chi connectivity index (χ4v) is 5.37. The number of amides is 2. The third-order valence-electron chi connectivity index (χ3n) is 6.93. The molecule has 1 aliphatic rings. The number of hydrogen-bond acceptors (Lipinski definition) is 5. The Morgan fingerprint density at radius 3 is 2.25 bits per heavy atom. The molecular formula is C31H40N4O4S. The third kappa shape index (κ3) is 8.99. The van der Waals surface area contributed by atoms with Crippen molar-refractivity contribution in [3.8, 4) is 11.5 Å². The van der Waals surface area contributed by atoms with Gasteiger partial charge in [-0.3, -0.25) is 14.5 Å². The zero-order chi connectivity index (χ0) is 28.5. The first kappa shape index (κ1) is 29.4. The van der Waals surface area contributed by atoms with Gasteiger partial charge < -0.3 is 10.1 Å². The molecule has 40 heavy (non-hydrogen) atoms. The van der Waals surface area contributed by atoms with E-state index in [1.807, 2.05) is 29.2 Å². The Balaban J connectivity index is 1.24. The zero-order valence-electron chi connectivity index (χ0n) is 23.6. The minimum Gasteiger partial charge on any atom is -0.457 e. The number of unbranched alkanes of at least 4 members (excludes halogenated alkanes) is 1. The number of sulfonamides is 1. The fraction of sp³-hybridized carbons (Fsp3) is 0.387. The van der Waals surface area contributed by atoms with Crippen molar-refractivity contribution >= 4 is 27.4 Å². The monoisotopic (exact) mass is 564 g/mol. The molecule has 2 amide bonds. The van der Waals surface area contributed by atoms with Crippen molar-refractivity contribution in [1.29, 1.82) is 0 Å². The molecule has 0 aliphatic carbocycles. The molecular weight excluding hydrogens is 524 g/mol. The average molecular weight is 565 g/mol. The van der Waals surface area contributed by atoms with E-state index in [9.17, 15) is 13.2 Å². The summed E-state index contributed by atoms with van der Waals surface area (Å²) in [5.41, 5.74) is 3.80. The Bertz CT molecular complexity index is 1350. The Morgan fingerprint density at radius 2 is 1.65 bits per heavy atom. The zero-order valence-corrected chi connectivity index (χ0v) is 24.4. The molecule has 0 saturated carbocycles. The van der Waals surface area contributed by atoms with Gasteiger partial charge in [-0.2, -0.15) is 0 Å². The van der Waals surface area contributed by atoms with Crippen LogP contribution in [0.1, 0.15) is 43.7 Å². The molecule has 0 aromatic heterocycles. The van der Waals surface area contributed by atoms with Crippen LogP contribution in [0, 0.1) is 6.92 Å². The van der Waals surface area contributed by atoms with Gasteiger partial charge in [0.25, 0.3) is 0 Å². The second-order valence-electron chi connectivity index (χ2n) is 10.5. The minimum atomic E-state index is -3.31. The van der Waals surface area contributed by atoms with E-state index >= 15 is 0 Å². The molecule has 0 spiro atoms. The number of urea groups is 1. The predicted molar refractivity (Wildman–Crippen MR) is 162 cm³/mol. The molecule has 0 radical (unpaired) electrons. The molecule has 9 heteroatoms. The lowest BCUT2D eigenvalue weighted by Crippen LogP contribution is -2.49. The number of hydrogen-bond donors (Lipinski definition) is 2. The van der Waals surface area contributed by atoms with Crippen molar-refractivity contribution in [2.24, 2.45) is 0 Å². The smallest absolute Gasteiger partial charge is 0.322 e. The number of ether oxygens (including phenoxy) is 1. The second kappa shape index (κ2) is 13.7. The van der Waals surface area contributed by atoms with Crippen LogP contribution >= 0.6 is 0 Å². The third-order valence-corrected chi connectivity index (χ3v) is 7.54. The summed E-state index contributed by atoms with van der Waals surface area (Å²) in [7, 11) is -3.31. The normalized spacial score (nSPS) is 14.5. The number of likely N-dealkylation sites (tertiary alicyclic amines) is 1. The van der Waals surface area contributed by atoms with Crippen molar-refractivity contribution in [3.05, 3.63) is 83.9 Å². The van der Waals surface area contributed by atoms with Gasteiger partial charge in [0.15, 0.2) is 0 Å². The molecule has 4 rings (SSSR count). The summed E-state index contributed by atoms with van der Waals surface area (Å²) in [6, 6.07) is 23.1. The Morgan fingerprint density at radius 1 is 1.00 bits per heavy atom. The highest BCUT2D eigenvalue weighted by Gasteiger charge is 2.24. The summed E-state index contributed by atoms with van der Waals surface area (Å²) in [6.07, 6.45) is 4.98. The average Bonchev–Trinajstić information content (AvgIpc) is 2.91. The van der Waals surface area contributed by atoms with Crippen LogP contribution in [0.4, 0.5) is 16.2 Å². The van der Waals surface area contributed by atoms with Gasteiger partial charge in [-0.1, -0.05) is 37.6 Å². The Kier molecular flexibility index (Phi) is 10.1. The molecule has 8 nitrogen and oxygen atoms in total. The number of benzene rings is 3.